The number of allylic oxidation sites excluding steroid dienone is 1. The Balaban J connectivity index is 1.82. The van der Waals surface area contributed by atoms with Crippen LogP contribution in [-0.4, -0.2) is 5.78 Å². The number of ketones is 1. The second-order valence-corrected chi connectivity index (χ2v) is 5.55. The minimum atomic E-state index is 0.287. The molecule has 1 aromatic carbocycles. The van der Waals surface area contributed by atoms with E-state index in [2.05, 4.69) is 30.8 Å². The van der Waals surface area contributed by atoms with Crippen molar-refractivity contribution in [3.63, 3.8) is 0 Å². The van der Waals surface area contributed by atoms with Crippen LogP contribution in [0, 0.1) is 11.8 Å². The van der Waals surface area contributed by atoms with Gasteiger partial charge in [0.2, 0.25) is 0 Å². The van der Waals surface area contributed by atoms with Gasteiger partial charge in [0.25, 0.3) is 0 Å². The average Bonchev–Trinajstić information content (AvgIpc) is 3.02. The number of rotatable bonds is 3. The van der Waals surface area contributed by atoms with Crippen LogP contribution in [-0.2, 0) is 11.2 Å². The highest BCUT2D eigenvalue weighted by Gasteiger charge is 2.56. The summed E-state index contributed by atoms with van der Waals surface area (Å²) in [6.45, 7) is 5.79. The lowest BCUT2D eigenvalue weighted by Gasteiger charge is -2.13. The summed E-state index contributed by atoms with van der Waals surface area (Å²) < 4.78 is 0. The summed E-state index contributed by atoms with van der Waals surface area (Å²) in [6.07, 6.45) is 2.91. The van der Waals surface area contributed by atoms with Crippen LogP contribution in [0.1, 0.15) is 36.8 Å². The fourth-order valence-electron chi connectivity index (χ4n) is 3.42. The molecule has 88 valence electrons. The topological polar surface area (TPSA) is 17.1 Å². The number of benzene rings is 1. The van der Waals surface area contributed by atoms with Crippen LogP contribution in [0.3, 0.4) is 0 Å². The molecule has 2 aliphatic carbocycles. The molecule has 0 heterocycles. The summed E-state index contributed by atoms with van der Waals surface area (Å²) in [4.78, 5) is 12.1. The Kier molecular flexibility index (Phi) is 2.43. The molecule has 0 aromatic heterocycles. The first-order valence-corrected chi connectivity index (χ1v) is 6.43. The van der Waals surface area contributed by atoms with Crippen LogP contribution in [0.5, 0.6) is 0 Å². The third kappa shape index (κ3) is 1.74. The van der Waals surface area contributed by atoms with Crippen LogP contribution in [0.4, 0.5) is 0 Å². The highest BCUT2D eigenvalue weighted by Crippen LogP contribution is 2.60. The first-order chi connectivity index (χ1) is 8.18. The summed E-state index contributed by atoms with van der Waals surface area (Å²) >= 11 is 0. The Morgan fingerprint density at radius 3 is 2.94 bits per heavy atom. The third-order valence-electron chi connectivity index (χ3n) is 4.18. The molecule has 1 nitrogen and oxygen atoms in total. The van der Waals surface area contributed by atoms with Gasteiger partial charge in [-0.25, -0.2) is 0 Å². The monoisotopic (exact) mass is 226 g/mol. The maximum atomic E-state index is 12.1. The number of hydrogen-bond acceptors (Lipinski definition) is 1. The molecule has 0 bridgehead atoms. The zero-order valence-corrected chi connectivity index (χ0v) is 10.3. The van der Waals surface area contributed by atoms with Crippen molar-refractivity contribution in [1.29, 1.82) is 0 Å². The number of carbonyl (C=O) groups is 1. The Bertz CT molecular complexity index is 486. The van der Waals surface area contributed by atoms with E-state index in [4.69, 9.17) is 0 Å². The van der Waals surface area contributed by atoms with Crippen molar-refractivity contribution in [2.45, 2.75) is 32.1 Å². The maximum absolute atomic E-state index is 12.1. The van der Waals surface area contributed by atoms with E-state index >= 15 is 0 Å². The molecule has 17 heavy (non-hydrogen) atoms. The van der Waals surface area contributed by atoms with Gasteiger partial charge in [-0.3, -0.25) is 4.79 Å². The summed E-state index contributed by atoms with van der Waals surface area (Å²) in [7, 11) is 0. The molecule has 0 aliphatic heterocycles. The predicted molar refractivity (Wildman–Crippen MR) is 68.9 cm³/mol. The lowest BCUT2D eigenvalue weighted by molar-refractivity contribution is -0.120. The minimum Gasteiger partial charge on any atom is -0.299 e. The SMILES string of the molecule is C=C(C)CC(=O)C1C2CCc3ccccc3C21. The van der Waals surface area contributed by atoms with Crippen molar-refractivity contribution in [3.8, 4) is 0 Å². The van der Waals surface area contributed by atoms with Crippen molar-refractivity contribution in [2.24, 2.45) is 11.8 Å². The number of Topliss-reactive ketones (excluding diaryl/α,β-unsaturated/α-hetero) is 1. The highest BCUT2D eigenvalue weighted by atomic mass is 16.1. The molecular formula is C16H18O. The largest absolute Gasteiger partial charge is 0.299 e. The predicted octanol–water partition coefficient (Wildman–Crippen LogP) is 3.50. The van der Waals surface area contributed by atoms with E-state index in [1.807, 2.05) is 6.92 Å². The van der Waals surface area contributed by atoms with Gasteiger partial charge < -0.3 is 0 Å². The molecule has 1 heteroatoms. The molecule has 3 atom stereocenters. The highest BCUT2D eigenvalue weighted by molar-refractivity contribution is 5.87. The minimum absolute atomic E-state index is 0.287. The Morgan fingerprint density at radius 1 is 1.41 bits per heavy atom. The van der Waals surface area contributed by atoms with Gasteiger partial charge >= 0.3 is 0 Å². The van der Waals surface area contributed by atoms with E-state index < -0.39 is 0 Å². The lowest BCUT2D eigenvalue weighted by atomic mass is 9.92. The summed E-state index contributed by atoms with van der Waals surface area (Å²) in [5.41, 5.74) is 3.88. The molecule has 0 N–H and O–H groups in total. The number of hydrogen-bond donors (Lipinski definition) is 0. The smallest absolute Gasteiger partial charge is 0.140 e. The van der Waals surface area contributed by atoms with Crippen molar-refractivity contribution in [2.75, 3.05) is 0 Å². The zero-order chi connectivity index (χ0) is 12.0. The average molecular weight is 226 g/mol. The summed E-state index contributed by atoms with van der Waals surface area (Å²) in [5.74, 6) is 1.84. The van der Waals surface area contributed by atoms with Gasteiger partial charge in [-0.2, -0.15) is 0 Å². The molecule has 0 radical (unpaired) electrons. The third-order valence-corrected chi connectivity index (χ3v) is 4.18. The fourth-order valence-corrected chi connectivity index (χ4v) is 3.42. The van der Waals surface area contributed by atoms with Crippen molar-refractivity contribution in [1.82, 2.24) is 0 Å². The molecule has 2 aliphatic rings. The summed E-state index contributed by atoms with van der Waals surface area (Å²) in [5, 5.41) is 0. The molecule has 3 rings (SSSR count). The first kappa shape index (κ1) is 10.8. The molecule has 1 fully saturated rings. The normalized spacial score (nSPS) is 29.1. The van der Waals surface area contributed by atoms with Crippen LogP contribution in [0.2, 0.25) is 0 Å². The standard InChI is InChI=1S/C16H18O/c1-10(2)9-14(17)16-13-8-7-11-5-3-4-6-12(11)15(13)16/h3-6,13,15-16H,1,7-9H2,2H3. The van der Waals surface area contributed by atoms with E-state index in [9.17, 15) is 4.79 Å². The van der Waals surface area contributed by atoms with Gasteiger partial charge in [-0.1, -0.05) is 36.4 Å². The molecular weight excluding hydrogens is 208 g/mol. The second-order valence-electron chi connectivity index (χ2n) is 5.55. The van der Waals surface area contributed by atoms with Crippen LogP contribution in [0.15, 0.2) is 36.4 Å². The number of carbonyl (C=O) groups excluding carboxylic acids is 1. The van der Waals surface area contributed by atoms with Crippen molar-refractivity contribution < 1.29 is 4.79 Å². The van der Waals surface area contributed by atoms with Gasteiger partial charge in [-0.05, 0) is 42.7 Å². The fraction of sp³-hybridized carbons (Fsp3) is 0.438. The Labute approximate surface area is 103 Å². The maximum Gasteiger partial charge on any atom is 0.140 e. The van der Waals surface area contributed by atoms with Crippen LogP contribution >= 0.6 is 0 Å². The molecule has 1 aromatic rings. The van der Waals surface area contributed by atoms with E-state index in [-0.39, 0.29) is 5.92 Å². The van der Waals surface area contributed by atoms with E-state index in [0.29, 0.717) is 24.0 Å². The van der Waals surface area contributed by atoms with Gasteiger partial charge in [0.15, 0.2) is 0 Å². The lowest BCUT2D eigenvalue weighted by Crippen LogP contribution is -2.03. The van der Waals surface area contributed by atoms with Gasteiger partial charge in [0.1, 0.15) is 5.78 Å². The van der Waals surface area contributed by atoms with Gasteiger partial charge in [0.05, 0.1) is 0 Å². The van der Waals surface area contributed by atoms with Crippen molar-refractivity contribution in [3.05, 3.63) is 47.5 Å². The molecule has 3 unspecified atom stereocenters. The van der Waals surface area contributed by atoms with E-state index in [1.54, 1.807) is 0 Å². The van der Waals surface area contributed by atoms with Crippen LogP contribution < -0.4 is 0 Å². The Morgan fingerprint density at radius 2 is 2.18 bits per heavy atom. The van der Waals surface area contributed by atoms with E-state index in [1.165, 1.54) is 17.5 Å². The zero-order valence-electron chi connectivity index (χ0n) is 10.3. The Hall–Kier alpha value is -1.37. The van der Waals surface area contributed by atoms with Crippen LogP contribution in [0.25, 0.3) is 0 Å². The molecule has 1 saturated carbocycles. The van der Waals surface area contributed by atoms with E-state index in [0.717, 1.165) is 12.0 Å². The van der Waals surface area contributed by atoms with Crippen molar-refractivity contribution >= 4 is 5.78 Å². The second kappa shape index (κ2) is 3.83. The number of fused-ring (bicyclic) bond motifs is 3. The van der Waals surface area contributed by atoms with Gasteiger partial charge in [0, 0.05) is 12.3 Å². The van der Waals surface area contributed by atoms with Gasteiger partial charge in [-0.15, -0.1) is 0 Å². The quantitative estimate of drug-likeness (QED) is 0.721. The number of aryl methyl sites for hydroxylation is 1. The molecule has 0 saturated heterocycles. The summed E-state index contributed by atoms with van der Waals surface area (Å²) in [6, 6.07) is 8.62. The first-order valence-electron chi connectivity index (χ1n) is 6.43. The molecule has 0 spiro atoms. The molecule has 0 amide bonds.